The number of carbonyl (C=O) groups is 2. The van der Waals surface area contributed by atoms with Crippen molar-refractivity contribution in [3.63, 3.8) is 0 Å². The van der Waals surface area contributed by atoms with Crippen LogP contribution in [0, 0.1) is 19.8 Å². The molecule has 1 N–H and O–H groups in total. The predicted molar refractivity (Wildman–Crippen MR) is 69.7 cm³/mol. The lowest BCUT2D eigenvalue weighted by molar-refractivity contribution is -0.150. The molecule has 0 saturated carbocycles. The molecule has 18 heavy (non-hydrogen) atoms. The summed E-state index contributed by atoms with van der Waals surface area (Å²) in [6, 6.07) is 1.68. The molecule has 1 amide bonds. The van der Waals surface area contributed by atoms with E-state index in [9.17, 15) is 14.7 Å². The number of carbonyl (C=O) groups excluding carboxylic acids is 1. The van der Waals surface area contributed by atoms with Crippen LogP contribution >= 0.6 is 11.3 Å². The number of carboxylic acid groups (broad SMARTS) is 1. The molecule has 2 rings (SSSR count). The van der Waals surface area contributed by atoms with Crippen LogP contribution in [0.25, 0.3) is 0 Å². The van der Waals surface area contributed by atoms with Gasteiger partial charge in [0.1, 0.15) is 0 Å². The number of rotatable bonds is 2. The predicted octanol–water partition coefficient (Wildman–Crippen LogP) is 2.36. The van der Waals surface area contributed by atoms with Gasteiger partial charge >= 0.3 is 5.97 Å². The molecule has 4 nitrogen and oxygen atoms in total. The number of hydrogen-bond acceptors (Lipinski definition) is 3. The first-order valence-electron chi connectivity index (χ1n) is 5.97. The average molecular weight is 267 g/mol. The molecule has 98 valence electrons. The highest BCUT2D eigenvalue weighted by Gasteiger charge is 2.39. The van der Waals surface area contributed by atoms with Crippen molar-refractivity contribution < 1.29 is 14.7 Å². The van der Waals surface area contributed by atoms with Crippen LogP contribution in [0.2, 0.25) is 0 Å². The highest BCUT2D eigenvalue weighted by Crippen LogP contribution is 2.39. The second-order valence-electron chi connectivity index (χ2n) is 4.80. The van der Waals surface area contributed by atoms with E-state index >= 15 is 0 Å². The van der Waals surface area contributed by atoms with Crippen molar-refractivity contribution in [3.8, 4) is 0 Å². The molecular weight excluding hydrogens is 250 g/mol. The zero-order valence-electron chi connectivity index (χ0n) is 10.8. The van der Waals surface area contributed by atoms with Crippen molar-refractivity contribution in [1.29, 1.82) is 0 Å². The monoisotopic (exact) mass is 267 g/mol. The summed E-state index contributed by atoms with van der Waals surface area (Å²) in [5.74, 6) is -1.29. The van der Waals surface area contributed by atoms with Crippen LogP contribution in [0.3, 0.4) is 0 Å². The fourth-order valence-electron chi connectivity index (χ4n) is 2.67. The number of likely N-dealkylation sites (tertiary alicyclic amines) is 1. The summed E-state index contributed by atoms with van der Waals surface area (Å²) in [6.45, 7) is 3.99. The van der Waals surface area contributed by atoms with Crippen molar-refractivity contribution in [2.45, 2.75) is 32.7 Å². The molecule has 1 aromatic rings. The van der Waals surface area contributed by atoms with E-state index in [1.807, 2.05) is 19.9 Å². The first kappa shape index (κ1) is 13.1. The van der Waals surface area contributed by atoms with Gasteiger partial charge in [-0.25, -0.2) is 0 Å². The number of thiophene rings is 1. The van der Waals surface area contributed by atoms with Crippen LogP contribution in [0.1, 0.15) is 34.2 Å². The Morgan fingerprint density at radius 2 is 2.17 bits per heavy atom. The Balaban J connectivity index is 2.44. The minimum Gasteiger partial charge on any atom is -0.481 e. The quantitative estimate of drug-likeness (QED) is 0.895. The number of aliphatic carboxylic acids is 1. The maximum Gasteiger partial charge on any atom is 0.308 e. The van der Waals surface area contributed by atoms with E-state index in [0.29, 0.717) is 12.8 Å². The highest BCUT2D eigenvalue weighted by molar-refractivity contribution is 7.12. The number of piperidine rings is 1. The standard InChI is InChI=1S/C13H17NO3S/c1-7-6-10(8(2)18-7)12-9(13(16)17)4-5-11(15)14(12)3/h6,9,12H,4-5H2,1-3H3,(H,16,17). The van der Waals surface area contributed by atoms with Gasteiger partial charge in [-0.3, -0.25) is 9.59 Å². The Kier molecular flexibility index (Phi) is 3.43. The molecule has 0 aliphatic carbocycles. The number of aryl methyl sites for hydroxylation is 2. The molecule has 1 aromatic heterocycles. The molecule has 1 aliphatic rings. The van der Waals surface area contributed by atoms with E-state index in [0.717, 1.165) is 15.3 Å². The molecule has 1 fully saturated rings. The number of nitrogens with zero attached hydrogens (tertiary/aromatic N) is 1. The van der Waals surface area contributed by atoms with Crippen molar-refractivity contribution in [2.75, 3.05) is 7.05 Å². The lowest BCUT2D eigenvalue weighted by atomic mass is 9.85. The second kappa shape index (κ2) is 4.72. The fourth-order valence-corrected chi connectivity index (χ4v) is 3.63. The molecule has 0 spiro atoms. The van der Waals surface area contributed by atoms with Gasteiger partial charge in [-0.2, -0.15) is 0 Å². The van der Waals surface area contributed by atoms with Gasteiger partial charge in [0.2, 0.25) is 5.91 Å². The second-order valence-corrected chi connectivity index (χ2v) is 6.26. The van der Waals surface area contributed by atoms with E-state index in [-0.39, 0.29) is 11.9 Å². The number of amides is 1. The summed E-state index contributed by atoms with van der Waals surface area (Å²) in [5.41, 5.74) is 0.987. The molecule has 2 unspecified atom stereocenters. The zero-order chi connectivity index (χ0) is 13.4. The summed E-state index contributed by atoms with van der Waals surface area (Å²) in [4.78, 5) is 27.0. The molecule has 0 bridgehead atoms. The smallest absolute Gasteiger partial charge is 0.308 e. The number of carboxylic acids is 1. The lowest BCUT2D eigenvalue weighted by Crippen LogP contribution is -2.43. The van der Waals surface area contributed by atoms with E-state index in [4.69, 9.17) is 0 Å². The summed E-state index contributed by atoms with van der Waals surface area (Å²) in [7, 11) is 1.70. The zero-order valence-corrected chi connectivity index (χ0v) is 11.6. The molecular formula is C13H17NO3S. The van der Waals surface area contributed by atoms with Crippen molar-refractivity contribution >= 4 is 23.2 Å². The first-order chi connectivity index (χ1) is 8.41. The van der Waals surface area contributed by atoms with Crippen molar-refractivity contribution in [1.82, 2.24) is 4.90 Å². The minimum absolute atomic E-state index is 0.0285. The Hall–Kier alpha value is -1.36. The maximum absolute atomic E-state index is 11.8. The van der Waals surface area contributed by atoms with Crippen LogP contribution in [0.5, 0.6) is 0 Å². The van der Waals surface area contributed by atoms with Gasteiger partial charge in [-0.15, -0.1) is 11.3 Å². The summed E-state index contributed by atoms with van der Waals surface area (Å²) in [6.07, 6.45) is 0.754. The van der Waals surface area contributed by atoms with Crippen LogP contribution in [-0.4, -0.2) is 28.9 Å². The van der Waals surface area contributed by atoms with Gasteiger partial charge in [-0.1, -0.05) is 0 Å². The van der Waals surface area contributed by atoms with Gasteiger partial charge in [-0.05, 0) is 31.9 Å². The minimum atomic E-state index is -0.817. The maximum atomic E-state index is 11.8. The summed E-state index contributed by atoms with van der Waals surface area (Å²) >= 11 is 1.65. The molecule has 5 heteroatoms. The molecule has 1 saturated heterocycles. The Labute approximate surface area is 110 Å². The third-order valence-corrected chi connectivity index (χ3v) is 4.56. The van der Waals surface area contributed by atoms with E-state index in [2.05, 4.69) is 0 Å². The largest absolute Gasteiger partial charge is 0.481 e. The van der Waals surface area contributed by atoms with E-state index in [1.54, 1.807) is 23.3 Å². The first-order valence-corrected chi connectivity index (χ1v) is 6.79. The fraction of sp³-hybridized carbons (Fsp3) is 0.538. The SMILES string of the molecule is Cc1cc(C2C(C(=O)O)CCC(=O)N2C)c(C)s1. The van der Waals surface area contributed by atoms with Crippen molar-refractivity contribution in [2.24, 2.45) is 5.92 Å². The normalized spacial score (nSPS) is 24.4. The molecule has 2 heterocycles. The third-order valence-electron chi connectivity index (χ3n) is 3.58. The third kappa shape index (κ3) is 2.14. The van der Waals surface area contributed by atoms with Gasteiger partial charge in [0.05, 0.1) is 12.0 Å². The van der Waals surface area contributed by atoms with Crippen LogP contribution in [0.15, 0.2) is 6.07 Å². The lowest BCUT2D eigenvalue weighted by Gasteiger charge is -2.37. The molecule has 0 aromatic carbocycles. The summed E-state index contributed by atoms with van der Waals surface area (Å²) < 4.78 is 0. The van der Waals surface area contributed by atoms with Gasteiger partial charge in [0, 0.05) is 23.2 Å². The Morgan fingerprint density at radius 1 is 1.50 bits per heavy atom. The van der Waals surface area contributed by atoms with Crippen LogP contribution in [0.4, 0.5) is 0 Å². The Morgan fingerprint density at radius 3 is 2.67 bits per heavy atom. The van der Waals surface area contributed by atoms with Gasteiger partial charge in [0.25, 0.3) is 0 Å². The van der Waals surface area contributed by atoms with Crippen LogP contribution < -0.4 is 0 Å². The average Bonchev–Trinajstić information content (AvgIpc) is 2.61. The molecule has 0 radical (unpaired) electrons. The molecule has 1 aliphatic heterocycles. The topological polar surface area (TPSA) is 57.6 Å². The van der Waals surface area contributed by atoms with Gasteiger partial charge in [0.15, 0.2) is 0 Å². The number of hydrogen-bond donors (Lipinski definition) is 1. The van der Waals surface area contributed by atoms with Crippen molar-refractivity contribution in [3.05, 3.63) is 21.4 Å². The highest BCUT2D eigenvalue weighted by atomic mass is 32.1. The Bertz CT molecular complexity index is 494. The van der Waals surface area contributed by atoms with E-state index in [1.165, 1.54) is 0 Å². The van der Waals surface area contributed by atoms with Gasteiger partial charge < -0.3 is 10.0 Å². The molecule has 2 atom stereocenters. The van der Waals surface area contributed by atoms with Crippen LogP contribution in [-0.2, 0) is 9.59 Å². The summed E-state index contributed by atoms with van der Waals surface area (Å²) in [5, 5.41) is 9.34. The van der Waals surface area contributed by atoms with E-state index < -0.39 is 11.9 Å².